The maximum atomic E-state index is 12.4. The number of carbonyl (C=O) groups is 2. The maximum Gasteiger partial charge on any atom is 0.326 e. The number of ether oxygens (including phenoxy) is 2. The minimum atomic E-state index is -1.06. The van der Waals surface area contributed by atoms with Gasteiger partial charge in [-0.3, -0.25) is 9.59 Å². The maximum absolute atomic E-state index is 12.4. The number of amides is 1. The van der Waals surface area contributed by atoms with Gasteiger partial charge in [0.2, 0.25) is 0 Å². The van der Waals surface area contributed by atoms with Gasteiger partial charge in [0.15, 0.2) is 5.92 Å². The highest BCUT2D eigenvalue weighted by Crippen LogP contribution is 2.39. The van der Waals surface area contributed by atoms with Crippen LogP contribution in [0.3, 0.4) is 0 Å². The largest absolute Gasteiger partial charge is 0.500 e. The molecule has 1 aliphatic heterocycles. The molecular formula is C18H20N2O4S. The van der Waals surface area contributed by atoms with Gasteiger partial charge in [-0.05, 0) is 19.4 Å². The van der Waals surface area contributed by atoms with Crippen LogP contribution in [0, 0.1) is 17.2 Å². The lowest BCUT2D eigenvalue weighted by Crippen LogP contribution is -2.40. The van der Waals surface area contributed by atoms with Crippen molar-refractivity contribution in [2.75, 3.05) is 13.2 Å². The average molecular weight is 360 g/mol. The highest BCUT2D eigenvalue weighted by Gasteiger charge is 2.44. The second-order valence-electron chi connectivity index (χ2n) is 5.24. The van der Waals surface area contributed by atoms with Crippen LogP contribution in [0.15, 0.2) is 41.5 Å². The summed E-state index contributed by atoms with van der Waals surface area (Å²) in [5.41, 5.74) is 0.840. The molecule has 25 heavy (non-hydrogen) atoms. The van der Waals surface area contributed by atoms with E-state index in [4.69, 9.17) is 9.47 Å². The topological polar surface area (TPSA) is 79.6 Å². The summed E-state index contributed by atoms with van der Waals surface area (Å²) in [5.74, 6) is -1.93. The number of benzene rings is 1. The normalized spacial score (nSPS) is 19.6. The third-order valence-corrected chi connectivity index (χ3v) is 4.92. The molecule has 2 unspecified atom stereocenters. The molecule has 0 spiro atoms. The molecule has 2 atom stereocenters. The van der Waals surface area contributed by atoms with Crippen molar-refractivity contribution < 1.29 is 19.1 Å². The first kappa shape index (κ1) is 18.9. The second-order valence-corrected chi connectivity index (χ2v) is 6.40. The fraction of sp³-hybridized carbons (Fsp3) is 0.389. The quantitative estimate of drug-likeness (QED) is 0.422. The molecule has 0 saturated carbocycles. The number of rotatable bonds is 7. The van der Waals surface area contributed by atoms with E-state index in [1.807, 2.05) is 43.3 Å². The predicted molar refractivity (Wildman–Crippen MR) is 93.8 cm³/mol. The van der Waals surface area contributed by atoms with E-state index in [0.717, 1.165) is 17.3 Å². The molecule has 1 fully saturated rings. The molecule has 1 amide bonds. The van der Waals surface area contributed by atoms with Gasteiger partial charge in [-0.25, -0.2) is 0 Å². The number of carbonyl (C=O) groups excluding carboxylic acids is 2. The van der Waals surface area contributed by atoms with Gasteiger partial charge >= 0.3 is 5.97 Å². The molecular weight excluding hydrogens is 340 g/mol. The number of nitriles is 1. The van der Waals surface area contributed by atoms with Crippen LogP contribution in [-0.2, 0) is 25.7 Å². The standard InChI is InChI=1S/C18H20N2O4S/c1-3-20-16(21)15(12-23-4-2)25-17(20)14(10-19)18(22)24-11-13-8-6-5-7-9-13/h5-9,12,14,17H,3-4,11H2,1-2H3/b15-12-. The smallest absolute Gasteiger partial charge is 0.326 e. The van der Waals surface area contributed by atoms with Crippen LogP contribution < -0.4 is 0 Å². The molecule has 1 heterocycles. The fourth-order valence-electron chi connectivity index (χ4n) is 2.36. The van der Waals surface area contributed by atoms with Crippen LogP contribution in [0.4, 0.5) is 0 Å². The van der Waals surface area contributed by atoms with E-state index in [9.17, 15) is 14.9 Å². The Bertz CT molecular complexity index is 684. The zero-order valence-electron chi connectivity index (χ0n) is 14.2. The van der Waals surface area contributed by atoms with Crippen molar-refractivity contribution in [3.63, 3.8) is 0 Å². The second kappa shape index (κ2) is 9.14. The Hall–Kier alpha value is -2.46. The fourth-order valence-corrected chi connectivity index (χ4v) is 3.64. The summed E-state index contributed by atoms with van der Waals surface area (Å²) in [6, 6.07) is 11.2. The Balaban J connectivity index is 2.08. The highest BCUT2D eigenvalue weighted by atomic mass is 32.2. The van der Waals surface area contributed by atoms with E-state index in [-0.39, 0.29) is 12.5 Å². The summed E-state index contributed by atoms with van der Waals surface area (Å²) >= 11 is 1.16. The van der Waals surface area contributed by atoms with E-state index in [1.165, 1.54) is 11.2 Å². The minimum Gasteiger partial charge on any atom is -0.500 e. The molecule has 2 rings (SSSR count). The predicted octanol–water partition coefficient (Wildman–Crippen LogP) is 2.67. The van der Waals surface area contributed by atoms with Crippen molar-refractivity contribution in [1.29, 1.82) is 5.26 Å². The van der Waals surface area contributed by atoms with Gasteiger partial charge in [-0.2, -0.15) is 5.26 Å². The summed E-state index contributed by atoms with van der Waals surface area (Å²) < 4.78 is 10.5. The molecule has 7 heteroatoms. The third kappa shape index (κ3) is 4.54. The number of hydrogen-bond donors (Lipinski definition) is 0. The van der Waals surface area contributed by atoms with Gasteiger partial charge in [0.05, 0.1) is 12.7 Å². The lowest BCUT2D eigenvalue weighted by atomic mass is 10.1. The summed E-state index contributed by atoms with van der Waals surface area (Å²) in [6.45, 7) is 4.55. The summed E-state index contributed by atoms with van der Waals surface area (Å²) in [7, 11) is 0. The van der Waals surface area contributed by atoms with Crippen LogP contribution in [0.5, 0.6) is 0 Å². The molecule has 1 aliphatic rings. The molecule has 6 nitrogen and oxygen atoms in total. The van der Waals surface area contributed by atoms with Crippen molar-refractivity contribution in [3.05, 3.63) is 47.1 Å². The van der Waals surface area contributed by atoms with E-state index < -0.39 is 17.3 Å². The zero-order chi connectivity index (χ0) is 18.2. The van der Waals surface area contributed by atoms with E-state index in [0.29, 0.717) is 18.1 Å². The molecule has 0 aromatic heterocycles. The molecule has 0 bridgehead atoms. The Kier molecular flexibility index (Phi) is 6.90. The Labute approximate surface area is 151 Å². The summed E-state index contributed by atoms with van der Waals surface area (Å²) in [6.07, 6.45) is 1.39. The molecule has 0 radical (unpaired) electrons. The number of likely N-dealkylation sites (N-methyl/N-ethyl adjacent to an activating group) is 1. The molecule has 0 aliphatic carbocycles. The van der Waals surface area contributed by atoms with Crippen LogP contribution in [0.2, 0.25) is 0 Å². The first-order chi connectivity index (χ1) is 12.1. The van der Waals surface area contributed by atoms with Gasteiger partial charge in [-0.1, -0.05) is 42.1 Å². The van der Waals surface area contributed by atoms with E-state index >= 15 is 0 Å². The lowest BCUT2D eigenvalue weighted by Gasteiger charge is -2.24. The Morgan fingerprint density at radius 1 is 1.40 bits per heavy atom. The van der Waals surface area contributed by atoms with Gasteiger partial charge in [0.25, 0.3) is 5.91 Å². The summed E-state index contributed by atoms with van der Waals surface area (Å²) in [4.78, 5) is 26.6. The van der Waals surface area contributed by atoms with Gasteiger partial charge < -0.3 is 14.4 Å². The number of thioether (sulfide) groups is 1. The number of nitrogens with zero attached hydrogens (tertiary/aromatic N) is 2. The SMILES string of the molecule is CCO/C=C1\SC(C(C#N)C(=O)OCc2ccccc2)N(CC)C1=O. The molecule has 1 aromatic carbocycles. The van der Waals surface area contributed by atoms with Crippen LogP contribution in [0.1, 0.15) is 19.4 Å². The monoisotopic (exact) mass is 360 g/mol. The van der Waals surface area contributed by atoms with Crippen molar-refractivity contribution in [2.45, 2.75) is 25.8 Å². The Morgan fingerprint density at radius 2 is 2.12 bits per heavy atom. The lowest BCUT2D eigenvalue weighted by molar-refractivity contribution is -0.149. The van der Waals surface area contributed by atoms with E-state index in [2.05, 4.69) is 0 Å². The van der Waals surface area contributed by atoms with Crippen molar-refractivity contribution >= 4 is 23.6 Å². The third-order valence-electron chi connectivity index (χ3n) is 3.63. The average Bonchev–Trinajstić information content (AvgIpc) is 2.95. The highest BCUT2D eigenvalue weighted by molar-refractivity contribution is 8.05. The van der Waals surface area contributed by atoms with Crippen molar-refractivity contribution in [3.8, 4) is 6.07 Å². The van der Waals surface area contributed by atoms with Crippen LogP contribution in [-0.4, -0.2) is 35.3 Å². The first-order valence-electron chi connectivity index (χ1n) is 8.01. The van der Waals surface area contributed by atoms with Crippen LogP contribution >= 0.6 is 11.8 Å². The summed E-state index contributed by atoms with van der Waals surface area (Å²) in [5, 5.41) is 8.85. The van der Waals surface area contributed by atoms with Crippen molar-refractivity contribution in [2.24, 2.45) is 5.92 Å². The van der Waals surface area contributed by atoms with Gasteiger partial charge in [-0.15, -0.1) is 0 Å². The zero-order valence-corrected chi connectivity index (χ0v) is 15.0. The molecule has 132 valence electrons. The first-order valence-corrected chi connectivity index (χ1v) is 8.89. The van der Waals surface area contributed by atoms with Crippen LogP contribution in [0.25, 0.3) is 0 Å². The van der Waals surface area contributed by atoms with Gasteiger partial charge in [0.1, 0.15) is 23.1 Å². The molecule has 1 aromatic rings. The van der Waals surface area contributed by atoms with Crippen molar-refractivity contribution in [1.82, 2.24) is 4.90 Å². The number of hydrogen-bond acceptors (Lipinski definition) is 6. The van der Waals surface area contributed by atoms with E-state index in [1.54, 1.807) is 6.92 Å². The number of esters is 1. The Morgan fingerprint density at radius 3 is 2.72 bits per heavy atom. The minimum absolute atomic E-state index is 0.0942. The van der Waals surface area contributed by atoms with Gasteiger partial charge in [0, 0.05) is 6.54 Å². The molecule has 0 N–H and O–H groups in total. The molecule has 1 saturated heterocycles.